The monoisotopic (exact) mass is 221 g/mol. The van der Waals surface area contributed by atoms with Crippen molar-refractivity contribution in [2.45, 2.75) is 19.8 Å². The lowest BCUT2D eigenvalue weighted by molar-refractivity contribution is 0.293. The number of rotatable bonds is 3. The lowest BCUT2D eigenvalue weighted by Crippen LogP contribution is -2.23. The molecule has 0 aromatic carbocycles. The highest BCUT2D eigenvalue weighted by molar-refractivity contribution is 7.73. The van der Waals surface area contributed by atoms with E-state index in [0.717, 1.165) is 6.67 Å². The van der Waals surface area contributed by atoms with Gasteiger partial charge < -0.3 is 18.9 Å². The summed E-state index contributed by atoms with van der Waals surface area (Å²) < 4.78 is 24.1. The summed E-state index contributed by atoms with van der Waals surface area (Å²) in [5.74, 6) is 0. The SMILES string of the molecule is CCCCN1C=CN(C)C1.O=S([O-])O. The van der Waals surface area contributed by atoms with E-state index in [0.29, 0.717) is 0 Å². The highest BCUT2D eigenvalue weighted by Gasteiger charge is 2.05. The van der Waals surface area contributed by atoms with Crippen molar-refractivity contribution < 1.29 is 13.3 Å². The van der Waals surface area contributed by atoms with E-state index >= 15 is 0 Å². The van der Waals surface area contributed by atoms with Gasteiger partial charge in [-0.05, 0) is 6.42 Å². The van der Waals surface area contributed by atoms with Gasteiger partial charge in [-0.3, -0.25) is 0 Å². The Hall–Kier alpha value is -0.590. The molecule has 84 valence electrons. The molecule has 14 heavy (non-hydrogen) atoms. The highest BCUT2D eigenvalue weighted by atomic mass is 32.2. The van der Waals surface area contributed by atoms with Gasteiger partial charge >= 0.3 is 0 Å². The Morgan fingerprint density at radius 1 is 1.57 bits per heavy atom. The van der Waals surface area contributed by atoms with E-state index in [1.807, 2.05) is 0 Å². The van der Waals surface area contributed by atoms with Crippen LogP contribution in [-0.2, 0) is 11.4 Å². The normalized spacial score (nSPS) is 16.6. The van der Waals surface area contributed by atoms with Crippen LogP contribution in [0.1, 0.15) is 19.8 Å². The second-order valence-corrected chi connectivity index (χ2v) is 3.51. The molecular formula is C8H17N2O3S-. The van der Waals surface area contributed by atoms with Gasteiger partial charge in [0.1, 0.15) is 0 Å². The molecule has 1 atom stereocenters. The Morgan fingerprint density at radius 2 is 2.14 bits per heavy atom. The van der Waals surface area contributed by atoms with Crippen molar-refractivity contribution in [2.75, 3.05) is 20.3 Å². The minimum absolute atomic E-state index is 1.07. The van der Waals surface area contributed by atoms with Crippen LogP contribution in [0.25, 0.3) is 0 Å². The van der Waals surface area contributed by atoms with E-state index in [2.05, 4.69) is 36.2 Å². The second kappa shape index (κ2) is 7.78. The van der Waals surface area contributed by atoms with Gasteiger partial charge in [0.05, 0.1) is 18.0 Å². The van der Waals surface area contributed by atoms with Gasteiger partial charge in [-0.25, -0.2) is 4.21 Å². The molecule has 0 saturated heterocycles. The third-order valence-electron chi connectivity index (χ3n) is 1.74. The summed E-state index contributed by atoms with van der Waals surface area (Å²) >= 11 is -2.86. The van der Waals surface area contributed by atoms with Crippen molar-refractivity contribution >= 4 is 11.4 Å². The molecule has 6 heteroatoms. The summed E-state index contributed by atoms with van der Waals surface area (Å²) in [7, 11) is 2.10. The first-order valence-corrected chi connectivity index (χ1v) is 5.50. The van der Waals surface area contributed by atoms with Gasteiger partial charge in [0.15, 0.2) is 0 Å². The maximum atomic E-state index is 8.56. The second-order valence-electron chi connectivity index (χ2n) is 3.08. The van der Waals surface area contributed by atoms with Gasteiger partial charge in [0.2, 0.25) is 0 Å². The standard InChI is InChI=1S/C8H16N2.H2O3S/c1-3-4-5-10-7-6-9(2)8-10;1-4(2)3/h6-7H,3-5,8H2,1-2H3;(H2,1,2,3)/p-1. The van der Waals surface area contributed by atoms with Crippen LogP contribution in [-0.4, -0.2) is 43.4 Å². The molecule has 0 aromatic heterocycles. The lowest BCUT2D eigenvalue weighted by Gasteiger charge is -2.17. The zero-order valence-electron chi connectivity index (χ0n) is 8.55. The molecule has 0 radical (unpaired) electrons. The van der Waals surface area contributed by atoms with E-state index in [4.69, 9.17) is 13.3 Å². The van der Waals surface area contributed by atoms with Crippen molar-refractivity contribution in [3.8, 4) is 0 Å². The van der Waals surface area contributed by atoms with E-state index in [1.165, 1.54) is 19.4 Å². The van der Waals surface area contributed by atoms with Gasteiger partial charge in [-0.1, -0.05) is 13.3 Å². The van der Waals surface area contributed by atoms with Crippen LogP contribution in [0.5, 0.6) is 0 Å². The van der Waals surface area contributed by atoms with Gasteiger partial charge in [-0.15, -0.1) is 0 Å². The minimum Gasteiger partial charge on any atom is -0.750 e. The van der Waals surface area contributed by atoms with Crippen LogP contribution in [0.2, 0.25) is 0 Å². The number of unbranched alkanes of at least 4 members (excludes halogenated alkanes) is 1. The van der Waals surface area contributed by atoms with E-state index in [9.17, 15) is 0 Å². The Labute approximate surface area is 87.5 Å². The number of hydrogen-bond acceptors (Lipinski definition) is 4. The third kappa shape index (κ3) is 8.03. The minimum atomic E-state index is -2.86. The van der Waals surface area contributed by atoms with Crippen molar-refractivity contribution in [3.05, 3.63) is 12.4 Å². The topological polar surface area (TPSA) is 66.8 Å². The molecule has 1 aliphatic rings. The first-order chi connectivity index (χ1) is 6.56. The summed E-state index contributed by atoms with van der Waals surface area (Å²) in [5, 5.41) is 0. The van der Waals surface area contributed by atoms with Crippen LogP contribution in [0.4, 0.5) is 0 Å². The average Bonchev–Trinajstić information content (AvgIpc) is 2.47. The first-order valence-electron chi connectivity index (χ1n) is 4.47. The first kappa shape index (κ1) is 13.4. The molecule has 5 nitrogen and oxygen atoms in total. The summed E-state index contributed by atoms with van der Waals surface area (Å²) in [5.41, 5.74) is 0. The van der Waals surface area contributed by atoms with Crippen LogP contribution in [0, 0.1) is 0 Å². The molecule has 1 heterocycles. The Bertz CT molecular complexity index is 195. The molecule has 0 amide bonds. The highest BCUT2D eigenvalue weighted by Crippen LogP contribution is 2.04. The van der Waals surface area contributed by atoms with Crippen LogP contribution in [0.15, 0.2) is 12.4 Å². The quantitative estimate of drug-likeness (QED) is 0.714. The van der Waals surface area contributed by atoms with Crippen molar-refractivity contribution in [1.82, 2.24) is 9.80 Å². The molecule has 0 aliphatic carbocycles. The number of nitrogens with zero attached hydrogens (tertiary/aromatic N) is 2. The fourth-order valence-corrected chi connectivity index (χ4v) is 1.10. The van der Waals surface area contributed by atoms with E-state index < -0.39 is 11.4 Å². The van der Waals surface area contributed by atoms with Crippen LogP contribution < -0.4 is 0 Å². The summed E-state index contributed by atoms with van der Waals surface area (Å²) in [6.07, 6.45) is 6.87. The van der Waals surface area contributed by atoms with E-state index in [-0.39, 0.29) is 0 Å². The van der Waals surface area contributed by atoms with Crippen LogP contribution in [0.3, 0.4) is 0 Å². The van der Waals surface area contributed by atoms with Gasteiger partial charge in [0, 0.05) is 26.0 Å². The molecule has 0 bridgehead atoms. The molecule has 1 unspecified atom stereocenters. The average molecular weight is 221 g/mol. The third-order valence-corrected chi connectivity index (χ3v) is 1.74. The molecule has 0 saturated carbocycles. The predicted molar refractivity (Wildman–Crippen MR) is 54.9 cm³/mol. The van der Waals surface area contributed by atoms with Gasteiger partial charge in [-0.2, -0.15) is 0 Å². The molecule has 0 fully saturated rings. The molecular weight excluding hydrogens is 204 g/mol. The number of hydrogen-bond donors (Lipinski definition) is 1. The molecule has 1 aliphatic heterocycles. The van der Waals surface area contributed by atoms with Crippen molar-refractivity contribution in [2.24, 2.45) is 0 Å². The van der Waals surface area contributed by atoms with Crippen molar-refractivity contribution in [1.29, 1.82) is 0 Å². The summed E-state index contributed by atoms with van der Waals surface area (Å²) in [6.45, 7) is 4.50. The van der Waals surface area contributed by atoms with Crippen molar-refractivity contribution in [3.63, 3.8) is 0 Å². The summed E-state index contributed by atoms with van der Waals surface area (Å²) in [4.78, 5) is 4.53. The van der Waals surface area contributed by atoms with E-state index in [1.54, 1.807) is 0 Å². The fourth-order valence-electron chi connectivity index (χ4n) is 1.10. The lowest BCUT2D eigenvalue weighted by atomic mass is 10.3. The fraction of sp³-hybridized carbons (Fsp3) is 0.750. The van der Waals surface area contributed by atoms with Gasteiger partial charge in [0.25, 0.3) is 0 Å². The summed E-state index contributed by atoms with van der Waals surface area (Å²) in [6, 6.07) is 0. The maximum Gasteiger partial charge on any atom is 0.0890 e. The zero-order chi connectivity index (χ0) is 11.0. The predicted octanol–water partition coefficient (Wildman–Crippen LogP) is 0.801. The molecule has 1 rings (SSSR count). The molecule has 1 N–H and O–H groups in total. The molecule has 0 aromatic rings. The largest absolute Gasteiger partial charge is 0.750 e. The maximum absolute atomic E-state index is 8.56. The Morgan fingerprint density at radius 3 is 2.50 bits per heavy atom. The Balaban J connectivity index is 0.000000364. The zero-order valence-corrected chi connectivity index (χ0v) is 9.37. The molecule has 0 spiro atoms. The smallest absolute Gasteiger partial charge is 0.0890 e. The Kier molecular flexibility index (Phi) is 7.45. The van der Waals surface area contributed by atoms with Crippen LogP contribution >= 0.6 is 0 Å².